The lowest BCUT2D eigenvalue weighted by atomic mass is 9.83. The summed E-state index contributed by atoms with van der Waals surface area (Å²) in [7, 11) is 0. The molecule has 1 unspecified atom stereocenters. The van der Waals surface area contributed by atoms with Gasteiger partial charge in [0.1, 0.15) is 5.54 Å². The molecule has 0 radical (unpaired) electrons. The molecule has 1 heterocycles. The largest absolute Gasteiger partial charge is 0.337 e. The van der Waals surface area contributed by atoms with Crippen molar-refractivity contribution in [2.75, 3.05) is 19.6 Å². The first kappa shape index (κ1) is 15.3. The lowest BCUT2D eigenvalue weighted by Crippen LogP contribution is -2.52. The van der Waals surface area contributed by atoms with Crippen LogP contribution in [-0.4, -0.2) is 36.0 Å². The summed E-state index contributed by atoms with van der Waals surface area (Å²) in [6, 6.07) is 2.36. The highest BCUT2D eigenvalue weighted by atomic mass is 16.2. The second-order valence-electron chi connectivity index (χ2n) is 6.45. The number of nitrogens with one attached hydrogen (secondary N) is 1. The fraction of sp³-hybridized carbons (Fsp3) is 0.875. The van der Waals surface area contributed by atoms with E-state index in [2.05, 4.69) is 23.2 Å². The Balaban J connectivity index is 1.83. The van der Waals surface area contributed by atoms with E-state index in [1.807, 2.05) is 0 Å². The van der Waals surface area contributed by atoms with Crippen molar-refractivity contribution in [3.8, 4) is 6.07 Å². The van der Waals surface area contributed by atoms with Crippen LogP contribution in [0.1, 0.15) is 58.3 Å². The van der Waals surface area contributed by atoms with Crippen LogP contribution in [0.15, 0.2) is 0 Å². The fourth-order valence-corrected chi connectivity index (χ4v) is 3.56. The average Bonchev–Trinajstić information content (AvgIpc) is 2.48. The highest BCUT2D eigenvalue weighted by molar-refractivity contribution is 5.79. The van der Waals surface area contributed by atoms with Gasteiger partial charge in [0.25, 0.3) is 0 Å². The molecule has 1 saturated carbocycles. The summed E-state index contributed by atoms with van der Waals surface area (Å²) in [5.41, 5.74) is -0.588. The number of likely N-dealkylation sites (tertiary alicyclic amines) is 1. The first-order valence-corrected chi connectivity index (χ1v) is 8.12. The van der Waals surface area contributed by atoms with E-state index in [1.54, 1.807) is 0 Å². The van der Waals surface area contributed by atoms with E-state index in [4.69, 9.17) is 0 Å². The maximum atomic E-state index is 12.2. The van der Waals surface area contributed by atoms with E-state index in [9.17, 15) is 10.1 Å². The minimum Gasteiger partial charge on any atom is -0.337 e. The molecule has 4 heteroatoms. The molecule has 1 aliphatic carbocycles. The topological polar surface area (TPSA) is 56.1 Å². The Bertz CT molecular complexity index is 368. The van der Waals surface area contributed by atoms with Gasteiger partial charge in [-0.3, -0.25) is 9.69 Å². The number of piperidine rings is 1. The zero-order valence-electron chi connectivity index (χ0n) is 12.7. The van der Waals surface area contributed by atoms with Crippen molar-refractivity contribution < 1.29 is 4.79 Å². The van der Waals surface area contributed by atoms with Gasteiger partial charge in [-0.2, -0.15) is 5.26 Å². The molecule has 0 aromatic carbocycles. The number of carbonyl (C=O) groups is 1. The third-order valence-corrected chi connectivity index (χ3v) is 4.85. The Morgan fingerprint density at radius 2 is 2.10 bits per heavy atom. The van der Waals surface area contributed by atoms with Crippen LogP contribution in [0.4, 0.5) is 0 Å². The van der Waals surface area contributed by atoms with Crippen molar-refractivity contribution in [1.29, 1.82) is 5.26 Å². The van der Waals surface area contributed by atoms with Crippen LogP contribution >= 0.6 is 0 Å². The first-order valence-electron chi connectivity index (χ1n) is 8.12. The van der Waals surface area contributed by atoms with Crippen molar-refractivity contribution in [2.45, 2.75) is 63.8 Å². The van der Waals surface area contributed by atoms with Crippen LogP contribution < -0.4 is 5.32 Å². The Morgan fingerprint density at radius 3 is 2.75 bits per heavy atom. The molecule has 1 amide bonds. The molecule has 4 nitrogen and oxygen atoms in total. The summed E-state index contributed by atoms with van der Waals surface area (Å²) in [5.74, 6) is 0.765. The number of nitrogens with zero attached hydrogens (tertiary/aromatic N) is 2. The normalized spacial score (nSPS) is 26.7. The van der Waals surface area contributed by atoms with Crippen molar-refractivity contribution in [3.63, 3.8) is 0 Å². The molecule has 2 aliphatic rings. The fourth-order valence-electron chi connectivity index (χ4n) is 3.56. The van der Waals surface area contributed by atoms with Gasteiger partial charge in [0.2, 0.25) is 5.91 Å². The van der Waals surface area contributed by atoms with E-state index in [0.29, 0.717) is 6.54 Å². The van der Waals surface area contributed by atoms with Crippen LogP contribution in [0, 0.1) is 17.2 Å². The molecule has 112 valence electrons. The molecule has 2 fully saturated rings. The Morgan fingerprint density at radius 1 is 1.35 bits per heavy atom. The van der Waals surface area contributed by atoms with Gasteiger partial charge < -0.3 is 5.32 Å². The van der Waals surface area contributed by atoms with E-state index < -0.39 is 5.54 Å². The van der Waals surface area contributed by atoms with Crippen LogP contribution in [0.2, 0.25) is 0 Å². The first-order chi connectivity index (χ1) is 9.67. The highest BCUT2D eigenvalue weighted by Crippen LogP contribution is 2.27. The molecular weight excluding hydrogens is 250 g/mol. The van der Waals surface area contributed by atoms with Gasteiger partial charge in [0, 0.05) is 6.54 Å². The van der Waals surface area contributed by atoms with Crippen LogP contribution in [0.25, 0.3) is 0 Å². The minimum absolute atomic E-state index is 0.0326. The summed E-state index contributed by atoms with van der Waals surface area (Å²) in [6.45, 7) is 4.73. The predicted molar refractivity (Wildman–Crippen MR) is 79.0 cm³/mol. The monoisotopic (exact) mass is 277 g/mol. The Labute approximate surface area is 122 Å². The summed E-state index contributed by atoms with van der Waals surface area (Å²) in [5, 5.41) is 12.4. The quantitative estimate of drug-likeness (QED) is 0.858. The van der Waals surface area contributed by atoms with Gasteiger partial charge in [0.05, 0.1) is 12.6 Å². The van der Waals surface area contributed by atoms with E-state index in [-0.39, 0.29) is 5.91 Å². The molecular formula is C16H27N3O. The van der Waals surface area contributed by atoms with Gasteiger partial charge in [-0.05, 0) is 38.1 Å². The van der Waals surface area contributed by atoms with Gasteiger partial charge in [-0.1, -0.05) is 32.6 Å². The number of amides is 1. The third-order valence-electron chi connectivity index (χ3n) is 4.85. The van der Waals surface area contributed by atoms with Crippen molar-refractivity contribution in [2.24, 2.45) is 5.92 Å². The molecule has 1 N–H and O–H groups in total. The lowest BCUT2D eigenvalue weighted by molar-refractivity contribution is -0.124. The molecule has 0 bridgehead atoms. The standard InChI is InChI=1S/C16H27N3O/c1-2-14-7-6-10-19(11-14)12-15(20)18-16(13-17)8-4-3-5-9-16/h14H,2-12H2,1H3,(H,18,20). The number of nitriles is 1. The van der Waals surface area contributed by atoms with Crippen molar-refractivity contribution in [1.82, 2.24) is 10.2 Å². The predicted octanol–water partition coefficient (Wildman–Crippen LogP) is 2.45. The summed E-state index contributed by atoms with van der Waals surface area (Å²) in [6.07, 6.45) is 8.58. The van der Waals surface area contributed by atoms with Crippen molar-refractivity contribution in [3.05, 3.63) is 0 Å². The number of hydrogen-bond acceptors (Lipinski definition) is 3. The molecule has 0 spiro atoms. The molecule has 1 aliphatic heterocycles. The molecule has 1 atom stereocenters. The molecule has 0 aromatic rings. The number of rotatable bonds is 4. The highest BCUT2D eigenvalue weighted by Gasteiger charge is 2.34. The smallest absolute Gasteiger partial charge is 0.235 e. The maximum Gasteiger partial charge on any atom is 0.235 e. The van der Waals surface area contributed by atoms with Gasteiger partial charge in [-0.15, -0.1) is 0 Å². The maximum absolute atomic E-state index is 12.2. The molecule has 0 aromatic heterocycles. The van der Waals surface area contributed by atoms with Crippen LogP contribution in [0.5, 0.6) is 0 Å². The lowest BCUT2D eigenvalue weighted by Gasteiger charge is -2.34. The molecule has 2 rings (SSSR count). The van der Waals surface area contributed by atoms with Gasteiger partial charge in [-0.25, -0.2) is 0 Å². The SMILES string of the molecule is CCC1CCCN(CC(=O)NC2(C#N)CCCCC2)C1. The van der Waals surface area contributed by atoms with Crippen molar-refractivity contribution >= 4 is 5.91 Å². The summed E-state index contributed by atoms with van der Waals surface area (Å²) in [4.78, 5) is 14.5. The zero-order valence-corrected chi connectivity index (χ0v) is 12.7. The van der Waals surface area contributed by atoms with Gasteiger partial charge >= 0.3 is 0 Å². The van der Waals surface area contributed by atoms with E-state index in [1.165, 1.54) is 25.7 Å². The van der Waals surface area contributed by atoms with Crippen LogP contribution in [-0.2, 0) is 4.79 Å². The van der Waals surface area contributed by atoms with Crippen LogP contribution in [0.3, 0.4) is 0 Å². The minimum atomic E-state index is -0.588. The third kappa shape index (κ3) is 3.96. The number of carbonyl (C=O) groups excluding carboxylic acids is 1. The zero-order chi connectivity index (χ0) is 14.4. The molecule has 1 saturated heterocycles. The molecule has 20 heavy (non-hydrogen) atoms. The van der Waals surface area contributed by atoms with E-state index >= 15 is 0 Å². The second kappa shape index (κ2) is 7.08. The van der Waals surface area contributed by atoms with Gasteiger partial charge in [0.15, 0.2) is 0 Å². The average molecular weight is 277 g/mol. The Kier molecular flexibility index (Phi) is 5.42. The number of hydrogen-bond donors (Lipinski definition) is 1. The summed E-state index contributed by atoms with van der Waals surface area (Å²) >= 11 is 0. The Hall–Kier alpha value is -1.08. The second-order valence-corrected chi connectivity index (χ2v) is 6.45. The van der Waals surface area contributed by atoms with E-state index in [0.717, 1.165) is 44.7 Å². The summed E-state index contributed by atoms with van der Waals surface area (Å²) < 4.78 is 0.